The van der Waals surface area contributed by atoms with Crippen molar-refractivity contribution in [3.8, 4) is 0 Å². The van der Waals surface area contributed by atoms with Crippen molar-refractivity contribution in [2.45, 2.75) is 63.8 Å². The van der Waals surface area contributed by atoms with Gasteiger partial charge < -0.3 is 10.2 Å². The van der Waals surface area contributed by atoms with Crippen LogP contribution in [0.3, 0.4) is 0 Å². The molecule has 17 heavy (non-hydrogen) atoms. The highest BCUT2D eigenvalue weighted by atomic mass is 15.1. The van der Waals surface area contributed by atoms with Crippen molar-refractivity contribution in [2.24, 2.45) is 5.41 Å². The molecule has 0 radical (unpaired) electrons. The largest absolute Gasteiger partial charge is 0.316 e. The predicted octanol–water partition coefficient (Wildman–Crippen LogP) is 3.03. The quantitative estimate of drug-likeness (QED) is 0.810. The fourth-order valence-corrected chi connectivity index (χ4v) is 3.89. The molecule has 2 rings (SSSR count). The van der Waals surface area contributed by atoms with Crippen LogP contribution in [0.4, 0.5) is 0 Å². The molecule has 2 nitrogen and oxygen atoms in total. The zero-order chi connectivity index (χ0) is 12.4. The van der Waals surface area contributed by atoms with Gasteiger partial charge in [0.2, 0.25) is 0 Å². The fraction of sp³-hybridized carbons (Fsp3) is 1.00. The Kier molecular flexibility index (Phi) is 4.14. The van der Waals surface area contributed by atoms with Crippen molar-refractivity contribution < 1.29 is 0 Å². The Labute approximate surface area is 107 Å². The first kappa shape index (κ1) is 13.4. The molecule has 0 aromatic rings. The molecular weight excluding hydrogens is 208 g/mol. The van der Waals surface area contributed by atoms with Crippen molar-refractivity contribution in [1.29, 1.82) is 0 Å². The zero-order valence-corrected chi connectivity index (χ0v) is 12.0. The van der Waals surface area contributed by atoms with Crippen LogP contribution < -0.4 is 5.32 Å². The number of rotatable bonds is 4. The van der Waals surface area contributed by atoms with Crippen molar-refractivity contribution in [1.82, 2.24) is 10.2 Å². The van der Waals surface area contributed by atoms with Gasteiger partial charge in [0.15, 0.2) is 0 Å². The van der Waals surface area contributed by atoms with Crippen LogP contribution >= 0.6 is 0 Å². The molecular formula is C15H30N2. The molecule has 100 valence electrons. The second kappa shape index (κ2) is 5.27. The number of hydrogen-bond donors (Lipinski definition) is 1. The van der Waals surface area contributed by atoms with Crippen LogP contribution in [0.15, 0.2) is 0 Å². The van der Waals surface area contributed by atoms with E-state index >= 15 is 0 Å². The maximum Gasteiger partial charge on any atom is 0.0204 e. The third-order valence-electron chi connectivity index (χ3n) is 5.52. The average molecular weight is 238 g/mol. The van der Waals surface area contributed by atoms with Gasteiger partial charge in [-0.2, -0.15) is 0 Å². The van der Waals surface area contributed by atoms with Gasteiger partial charge in [0, 0.05) is 12.1 Å². The molecule has 1 saturated carbocycles. The van der Waals surface area contributed by atoms with Crippen molar-refractivity contribution in [3.05, 3.63) is 0 Å². The Balaban J connectivity index is 1.97. The lowest BCUT2D eigenvalue weighted by atomic mass is 9.65. The molecule has 1 N–H and O–H groups in total. The van der Waals surface area contributed by atoms with Crippen LogP contribution in [-0.2, 0) is 0 Å². The molecule has 0 bridgehead atoms. The van der Waals surface area contributed by atoms with E-state index in [1.54, 1.807) is 0 Å². The lowest BCUT2D eigenvalue weighted by Gasteiger charge is -2.49. The van der Waals surface area contributed by atoms with Crippen molar-refractivity contribution >= 4 is 0 Å². The number of nitrogens with zero attached hydrogens (tertiary/aromatic N) is 1. The minimum Gasteiger partial charge on any atom is -0.316 e. The fourth-order valence-electron chi connectivity index (χ4n) is 3.89. The molecule has 0 aromatic heterocycles. The predicted molar refractivity (Wildman–Crippen MR) is 74.3 cm³/mol. The maximum absolute atomic E-state index is 3.57. The van der Waals surface area contributed by atoms with Crippen molar-refractivity contribution in [2.75, 3.05) is 27.2 Å². The highest BCUT2D eigenvalue weighted by molar-refractivity contribution is 5.00. The molecule has 0 aromatic carbocycles. The summed E-state index contributed by atoms with van der Waals surface area (Å²) in [5.74, 6) is 0. The van der Waals surface area contributed by atoms with E-state index in [0.29, 0.717) is 11.0 Å². The second-order valence-corrected chi connectivity index (χ2v) is 6.65. The molecule has 1 saturated heterocycles. The van der Waals surface area contributed by atoms with Gasteiger partial charge in [-0.25, -0.2) is 0 Å². The smallest absolute Gasteiger partial charge is 0.0204 e. The van der Waals surface area contributed by atoms with Gasteiger partial charge in [-0.3, -0.25) is 0 Å². The monoisotopic (exact) mass is 238 g/mol. The average Bonchev–Trinajstić information content (AvgIpc) is 2.77. The minimum atomic E-state index is 0.518. The standard InChI is InChI=1S/C15H30N2/c1-4-5-6-15(17(2)3)9-7-14(8-10-15)11-12-16-13-14/h16H,4-13H2,1-3H3. The minimum absolute atomic E-state index is 0.518. The first-order valence-electron chi connectivity index (χ1n) is 7.51. The Morgan fingerprint density at radius 3 is 2.24 bits per heavy atom. The number of nitrogens with one attached hydrogen (secondary N) is 1. The summed E-state index contributed by atoms with van der Waals surface area (Å²) in [5, 5.41) is 3.57. The van der Waals surface area contributed by atoms with Gasteiger partial charge in [0.1, 0.15) is 0 Å². The lowest BCUT2D eigenvalue weighted by Crippen LogP contribution is -2.49. The molecule has 1 heterocycles. The number of hydrogen-bond acceptors (Lipinski definition) is 2. The van der Waals surface area contributed by atoms with Gasteiger partial charge in [0.25, 0.3) is 0 Å². The van der Waals surface area contributed by atoms with Crippen LogP contribution in [0.1, 0.15) is 58.3 Å². The Morgan fingerprint density at radius 2 is 1.76 bits per heavy atom. The third-order valence-corrected chi connectivity index (χ3v) is 5.52. The third kappa shape index (κ3) is 2.68. The molecule has 2 heteroatoms. The molecule has 0 atom stereocenters. The van der Waals surface area contributed by atoms with Crippen LogP contribution in [0.5, 0.6) is 0 Å². The van der Waals surface area contributed by atoms with Gasteiger partial charge in [0.05, 0.1) is 0 Å². The van der Waals surface area contributed by atoms with E-state index in [0.717, 1.165) is 0 Å². The molecule has 1 spiro atoms. The van der Waals surface area contributed by atoms with E-state index < -0.39 is 0 Å². The molecule has 0 amide bonds. The molecule has 2 aliphatic rings. The summed E-state index contributed by atoms with van der Waals surface area (Å²) in [4.78, 5) is 2.53. The van der Waals surface area contributed by atoms with Gasteiger partial charge in [-0.15, -0.1) is 0 Å². The number of unbranched alkanes of at least 4 members (excludes halogenated alkanes) is 1. The van der Waals surface area contributed by atoms with E-state index in [1.807, 2.05) is 0 Å². The maximum atomic E-state index is 3.57. The molecule has 2 fully saturated rings. The van der Waals surface area contributed by atoms with E-state index in [9.17, 15) is 0 Å². The summed E-state index contributed by atoms with van der Waals surface area (Å²) in [7, 11) is 4.58. The van der Waals surface area contributed by atoms with Crippen LogP contribution in [0.2, 0.25) is 0 Å². The van der Waals surface area contributed by atoms with E-state index in [1.165, 1.54) is 64.5 Å². The summed E-state index contributed by atoms with van der Waals surface area (Å²) in [6, 6.07) is 0. The highest BCUT2D eigenvalue weighted by Gasteiger charge is 2.44. The summed E-state index contributed by atoms with van der Waals surface area (Å²) < 4.78 is 0. The Bertz CT molecular complexity index is 231. The molecule has 1 aliphatic carbocycles. The molecule has 1 aliphatic heterocycles. The van der Waals surface area contributed by atoms with Crippen LogP contribution in [0.25, 0.3) is 0 Å². The molecule has 0 unspecified atom stereocenters. The van der Waals surface area contributed by atoms with E-state index in [2.05, 4.69) is 31.2 Å². The van der Waals surface area contributed by atoms with Gasteiger partial charge in [-0.1, -0.05) is 19.8 Å². The lowest BCUT2D eigenvalue weighted by molar-refractivity contribution is 0.0372. The van der Waals surface area contributed by atoms with Crippen molar-refractivity contribution in [3.63, 3.8) is 0 Å². The Morgan fingerprint density at radius 1 is 1.06 bits per heavy atom. The normalized spacial score (nSPS) is 38.1. The first-order valence-corrected chi connectivity index (χ1v) is 7.51. The Hall–Kier alpha value is -0.0800. The van der Waals surface area contributed by atoms with E-state index in [-0.39, 0.29) is 0 Å². The summed E-state index contributed by atoms with van der Waals surface area (Å²) in [6.07, 6.45) is 11.3. The summed E-state index contributed by atoms with van der Waals surface area (Å²) in [5.41, 5.74) is 1.19. The summed E-state index contributed by atoms with van der Waals surface area (Å²) in [6.45, 7) is 4.85. The van der Waals surface area contributed by atoms with E-state index in [4.69, 9.17) is 0 Å². The zero-order valence-electron chi connectivity index (χ0n) is 12.0. The highest BCUT2D eigenvalue weighted by Crippen LogP contribution is 2.47. The SMILES string of the molecule is CCCCC1(N(C)C)CCC2(CCNC2)CC1. The van der Waals surface area contributed by atoms with Gasteiger partial charge >= 0.3 is 0 Å². The van der Waals surface area contributed by atoms with Crippen LogP contribution in [-0.4, -0.2) is 37.6 Å². The second-order valence-electron chi connectivity index (χ2n) is 6.65. The van der Waals surface area contributed by atoms with Gasteiger partial charge in [-0.05, 0) is 64.6 Å². The topological polar surface area (TPSA) is 15.3 Å². The first-order chi connectivity index (χ1) is 8.13. The van der Waals surface area contributed by atoms with Crippen LogP contribution in [0, 0.1) is 5.41 Å². The summed E-state index contributed by atoms with van der Waals surface area (Å²) >= 11 is 0.